The van der Waals surface area contributed by atoms with E-state index in [-0.39, 0.29) is 18.8 Å². The molecule has 0 aliphatic carbocycles. The van der Waals surface area contributed by atoms with Crippen LogP contribution in [0.2, 0.25) is 0 Å². The molecule has 9 heavy (non-hydrogen) atoms. The van der Waals surface area contributed by atoms with E-state index in [1.165, 1.54) is 6.33 Å². The molecule has 0 fully saturated rings. The maximum Gasteiger partial charge on any atom is 0.343 e. The van der Waals surface area contributed by atoms with Crippen LogP contribution in [0.3, 0.4) is 0 Å². The second-order valence-corrected chi connectivity index (χ2v) is 1.54. The smallest absolute Gasteiger partial charge is 0.343 e. The summed E-state index contributed by atoms with van der Waals surface area (Å²) in [5.74, 6) is 0. The van der Waals surface area contributed by atoms with Gasteiger partial charge >= 0.3 is 5.69 Å². The van der Waals surface area contributed by atoms with Crippen LogP contribution in [0.1, 0.15) is 0 Å². The molecule has 2 N–H and O–H groups in total. The van der Waals surface area contributed by atoms with Gasteiger partial charge in [0.15, 0.2) is 0 Å². The van der Waals surface area contributed by atoms with Crippen molar-refractivity contribution in [1.82, 2.24) is 14.8 Å². The molecule has 0 aliphatic rings. The van der Waals surface area contributed by atoms with Gasteiger partial charge in [-0.15, -0.1) is 0 Å². The second kappa shape index (κ2) is 2.45. The first-order chi connectivity index (χ1) is 4.34. The minimum absolute atomic E-state index is 0.0647. The van der Waals surface area contributed by atoms with E-state index in [4.69, 9.17) is 5.11 Å². The summed E-state index contributed by atoms with van der Waals surface area (Å²) >= 11 is 0. The molecule has 0 amide bonds. The molecule has 0 aromatic carbocycles. The van der Waals surface area contributed by atoms with Crippen molar-refractivity contribution in [2.45, 2.75) is 6.54 Å². The van der Waals surface area contributed by atoms with Crippen LogP contribution in [-0.2, 0) is 6.54 Å². The van der Waals surface area contributed by atoms with Crippen molar-refractivity contribution in [2.24, 2.45) is 0 Å². The summed E-state index contributed by atoms with van der Waals surface area (Å²) in [6, 6.07) is 0. The number of hydrogen-bond acceptors (Lipinski definition) is 3. The summed E-state index contributed by atoms with van der Waals surface area (Å²) in [6.45, 7) is 0.188. The highest BCUT2D eigenvalue weighted by Crippen LogP contribution is 1.68. The van der Waals surface area contributed by atoms with Crippen LogP contribution in [0.15, 0.2) is 11.1 Å². The van der Waals surface area contributed by atoms with E-state index in [1.807, 2.05) is 0 Å². The Kier molecular flexibility index (Phi) is 1.64. The van der Waals surface area contributed by atoms with Crippen LogP contribution >= 0.6 is 0 Å². The van der Waals surface area contributed by atoms with Crippen LogP contribution in [0.25, 0.3) is 0 Å². The van der Waals surface area contributed by atoms with Gasteiger partial charge < -0.3 is 5.11 Å². The lowest BCUT2D eigenvalue weighted by atomic mass is 10.7. The molecule has 0 unspecified atom stereocenters. The van der Waals surface area contributed by atoms with E-state index in [9.17, 15) is 4.79 Å². The molecular formula is C4H7N3O2. The molecule has 0 atom stereocenters. The molecule has 5 nitrogen and oxygen atoms in total. The Hall–Kier alpha value is -1.10. The first kappa shape index (κ1) is 6.03. The van der Waals surface area contributed by atoms with Gasteiger partial charge in [0, 0.05) is 0 Å². The van der Waals surface area contributed by atoms with Crippen LogP contribution in [0.4, 0.5) is 0 Å². The predicted molar refractivity (Wildman–Crippen MR) is 29.9 cm³/mol. The monoisotopic (exact) mass is 129 g/mol. The van der Waals surface area contributed by atoms with E-state index < -0.39 is 0 Å². The van der Waals surface area contributed by atoms with Crippen LogP contribution in [-0.4, -0.2) is 26.5 Å². The Balaban J connectivity index is 2.81. The fourth-order valence-corrected chi connectivity index (χ4v) is 0.535. The van der Waals surface area contributed by atoms with Gasteiger partial charge in [0.05, 0.1) is 13.2 Å². The van der Waals surface area contributed by atoms with Gasteiger partial charge in [-0.25, -0.2) is 9.48 Å². The lowest BCUT2D eigenvalue weighted by Crippen LogP contribution is -2.19. The van der Waals surface area contributed by atoms with Gasteiger partial charge in [0.2, 0.25) is 0 Å². The summed E-state index contributed by atoms with van der Waals surface area (Å²) in [5.41, 5.74) is -0.288. The largest absolute Gasteiger partial charge is 0.394 e. The molecule has 0 saturated heterocycles. The fourth-order valence-electron chi connectivity index (χ4n) is 0.535. The minimum Gasteiger partial charge on any atom is -0.394 e. The summed E-state index contributed by atoms with van der Waals surface area (Å²) in [6.07, 6.45) is 1.29. The number of aliphatic hydroxyl groups is 1. The van der Waals surface area contributed by atoms with E-state index in [1.54, 1.807) is 0 Å². The predicted octanol–water partition coefficient (Wildman–Crippen LogP) is -1.44. The molecule has 0 saturated carbocycles. The molecule has 1 rings (SSSR count). The highest BCUT2D eigenvalue weighted by atomic mass is 16.3. The van der Waals surface area contributed by atoms with Gasteiger partial charge in [-0.2, -0.15) is 5.10 Å². The Morgan fingerprint density at radius 2 is 2.67 bits per heavy atom. The van der Waals surface area contributed by atoms with Crippen LogP contribution in [0, 0.1) is 0 Å². The van der Waals surface area contributed by atoms with Crippen molar-refractivity contribution in [2.75, 3.05) is 6.61 Å². The summed E-state index contributed by atoms with van der Waals surface area (Å²) in [5, 5.41) is 11.9. The van der Waals surface area contributed by atoms with E-state index in [2.05, 4.69) is 10.1 Å². The molecular weight excluding hydrogens is 122 g/mol. The molecule has 0 aliphatic heterocycles. The van der Waals surface area contributed by atoms with E-state index >= 15 is 0 Å². The zero-order valence-electron chi connectivity index (χ0n) is 4.74. The quantitative estimate of drug-likeness (QED) is 0.514. The lowest BCUT2D eigenvalue weighted by Gasteiger charge is -1.90. The number of hydrogen-bond donors (Lipinski definition) is 2. The van der Waals surface area contributed by atoms with Crippen molar-refractivity contribution < 1.29 is 5.11 Å². The number of aromatic amines is 1. The summed E-state index contributed by atoms with van der Waals surface area (Å²) < 4.78 is 1.15. The van der Waals surface area contributed by atoms with Crippen molar-refractivity contribution in [1.29, 1.82) is 0 Å². The number of nitrogens with zero attached hydrogens (tertiary/aromatic N) is 2. The fraction of sp³-hybridized carbons (Fsp3) is 0.500. The van der Waals surface area contributed by atoms with Crippen LogP contribution < -0.4 is 5.69 Å². The maximum atomic E-state index is 10.5. The molecule has 1 aromatic heterocycles. The Bertz CT molecular complexity index is 226. The van der Waals surface area contributed by atoms with E-state index in [0.717, 1.165) is 4.68 Å². The third-order valence-electron chi connectivity index (χ3n) is 0.931. The van der Waals surface area contributed by atoms with E-state index in [0.29, 0.717) is 0 Å². The highest BCUT2D eigenvalue weighted by Gasteiger charge is 1.92. The molecule has 1 heterocycles. The lowest BCUT2D eigenvalue weighted by molar-refractivity contribution is 0.267. The SMILES string of the molecule is O=c1[nH]cnn1CCO. The molecule has 1 aromatic rings. The third-order valence-corrected chi connectivity index (χ3v) is 0.931. The standard InChI is InChI=1S/C4H7N3O2/c8-2-1-7-4(9)5-3-6-7/h3,8H,1-2H2,(H,5,6,9). The van der Waals surface area contributed by atoms with Crippen molar-refractivity contribution in [3.8, 4) is 0 Å². The normalized spacial score (nSPS) is 9.89. The summed E-state index contributed by atoms with van der Waals surface area (Å²) in [4.78, 5) is 12.9. The minimum atomic E-state index is -0.288. The zero-order chi connectivity index (χ0) is 6.69. The van der Waals surface area contributed by atoms with Crippen molar-refractivity contribution in [3.63, 3.8) is 0 Å². The van der Waals surface area contributed by atoms with Gasteiger partial charge in [0.25, 0.3) is 0 Å². The molecule has 50 valence electrons. The molecule has 5 heteroatoms. The maximum absolute atomic E-state index is 10.5. The molecule has 0 spiro atoms. The number of H-pyrrole nitrogens is 1. The first-order valence-electron chi connectivity index (χ1n) is 2.56. The van der Waals surface area contributed by atoms with Crippen molar-refractivity contribution >= 4 is 0 Å². The Morgan fingerprint density at radius 3 is 3.11 bits per heavy atom. The summed E-state index contributed by atoms with van der Waals surface area (Å²) in [7, 11) is 0. The first-order valence-corrected chi connectivity index (χ1v) is 2.56. The molecule has 0 bridgehead atoms. The Labute approximate surface area is 50.9 Å². The molecule has 0 radical (unpaired) electrons. The highest BCUT2D eigenvalue weighted by molar-refractivity contribution is 4.58. The number of aliphatic hydroxyl groups excluding tert-OH is 1. The van der Waals surface area contributed by atoms with Gasteiger partial charge in [0.1, 0.15) is 6.33 Å². The van der Waals surface area contributed by atoms with Gasteiger partial charge in [-0.1, -0.05) is 0 Å². The number of rotatable bonds is 2. The second-order valence-electron chi connectivity index (χ2n) is 1.54. The Morgan fingerprint density at radius 1 is 1.89 bits per heavy atom. The zero-order valence-corrected chi connectivity index (χ0v) is 4.74. The van der Waals surface area contributed by atoms with Crippen molar-refractivity contribution in [3.05, 3.63) is 16.8 Å². The van der Waals surface area contributed by atoms with Crippen LogP contribution in [0.5, 0.6) is 0 Å². The average Bonchev–Trinajstić information content (AvgIpc) is 2.18. The van der Waals surface area contributed by atoms with Gasteiger partial charge in [-0.05, 0) is 0 Å². The third kappa shape index (κ3) is 1.17. The average molecular weight is 129 g/mol. The topological polar surface area (TPSA) is 70.9 Å². The van der Waals surface area contributed by atoms with Gasteiger partial charge in [-0.3, -0.25) is 4.98 Å². The number of aromatic nitrogens is 3. The number of nitrogens with one attached hydrogen (secondary N) is 1.